The minimum absolute atomic E-state index is 0.0584. The van der Waals surface area contributed by atoms with E-state index < -0.39 is 13.7 Å². The van der Waals surface area contributed by atoms with E-state index in [0.29, 0.717) is 28.0 Å². The van der Waals surface area contributed by atoms with Crippen LogP contribution < -0.4 is 9.64 Å². The molecule has 2 heterocycles. The van der Waals surface area contributed by atoms with Crippen LogP contribution in [0.25, 0.3) is 0 Å². The molecule has 6 nitrogen and oxygen atoms in total. The number of aromatic nitrogens is 2. The predicted molar refractivity (Wildman–Crippen MR) is 151 cm³/mol. The number of carbonyl (C=O) groups is 1. The topological polar surface area (TPSA) is 64.6 Å². The first kappa shape index (κ1) is 27.6. The molecule has 0 bridgehead atoms. The van der Waals surface area contributed by atoms with Gasteiger partial charge in [0, 0.05) is 12.0 Å². The molecule has 8 heteroatoms. The standard InChI is InChI=1S/C29H38ClN3O3Si/c1-28(2,3)37(6,7)35-19-23-31-25(30)24-26(32-23)33(27(34)29(24,4)5)20-15-17-22(18-16-20)36-21-13-11-9-8-10-12-14-21/h15-18,21H,8-11,13,19H2,1-7H3. The molecule has 1 amide bonds. The zero-order chi connectivity index (χ0) is 27.0. The summed E-state index contributed by atoms with van der Waals surface area (Å²) in [6, 6.07) is 7.55. The van der Waals surface area contributed by atoms with E-state index >= 15 is 0 Å². The van der Waals surface area contributed by atoms with Gasteiger partial charge < -0.3 is 9.16 Å². The molecule has 0 saturated heterocycles. The van der Waals surface area contributed by atoms with E-state index in [1.807, 2.05) is 38.1 Å². The summed E-state index contributed by atoms with van der Waals surface area (Å²) in [5.74, 6) is 8.09. The molecule has 0 spiro atoms. The second-order valence-electron chi connectivity index (χ2n) is 12.0. The number of halogens is 1. The van der Waals surface area contributed by atoms with Crippen LogP contribution in [0, 0.1) is 11.8 Å². The van der Waals surface area contributed by atoms with Gasteiger partial charge in [-0.25, -0.2) is 9.97 Å². The lowest BCUT2D eigenvalue weighted by molar-refractivity contribution is -0.121. The van der Waals surface area contributed by atoms with Gasteiger partial charge in [-0.05, 0) is 75.5 Å². The van der Waals surface area contributed by atoms with Crippen LogP contribution in [-0.4, -0.2) is 30.3 Å². The van der Waals surface area contributed by atoms with Gasteiger partial charge in [-0.3, -0.25) is 9.69 Å². The molecular formula is C29H38ClN3O3Si. The van der Waals surface area contributed by atoms with E-state index in [1.165, 1.54) is 6.42 Å². The minimum atomic E-state index is -2.01. The Morgan fingerprint density at radius 3 is 2.51 bits per heavy atom. The SMILES string of the molecule is CC1(C)C(=O)N(c2ccc(OC3C#CCCCCC3)cc2)c2nc(CO[Si](C)(C)C(C)(C)C)nc(Cl)c21. The summed E-state index contributed by atoms with van der Waals surface area (Å²) in [4.78, 5) is 24.5. The second-order valence-corrected chi connectivity index (χ2v) is 17.1. The Labute approximate surface area is 227 Å². The third-order valence-electron chi connectivity index (χ3n) is 7.74. The maximum atomic E-state index is 13.6. The van der Waals surface area contributed by atoms with Crippen molar-refractivity contribution in [3.63, 3.8) is 0 Å². The number of ether oxygens (including phenoxy) is 1. The Balaban J connectivity index is 1.61. The number of hydrogen-bond donors (Lipinski definition) is 0. The number of carbonyl (C=O) groups excluding carboxylic acids is 1. The van der Waals surface area contributed by atoms with Crippen molar-refractivity contribution >= 4 is 37.3 Å². The van der Waals surface area contributed by atoms with Gasteiger partial charge in [0.15, 0.2) is 20.2 Å². The molecule has 1 aromatic heterocycles. The fourth-order valence-corrected chi connectivity index (χ4v) is 5.66. The molecule has 1 aliphatic carbocycles. The highest BCUT2D eigenvalue weighted by Crippen LogP contribution is 2.47. The Hall–Kier alpha value is -2.40. The third-order valence-corrected chi connectivity index (χ3v) is 12.5. The molecule has 0 radical (unpaired) electrons. The van der Waals surface area contributed by atoms with Crippen LogP contribution in [-0.2, 0) is 21.2 Å². The molecule has 2 aromatic rings. The molecule has 0 fully saturated rings. The van der Waals surface area contributed by atoms with E-state index in [2.05, 4.69) is 50.7 Å². The van der Waals surface area contributed by atoms with Gasteiger partial charge in [0.25, 0.3) is 0 Å². The first-order valence-corrected chi connectivity index (χ1v) is 16.4. The molecule has 1 aliphatic heterocycles. The van der Waals surface area contributed by atoms with Crippen LogP contribution >= 0.6 is 11.6 Å². The Morgan fingerprint density at radius 1 is 1.14 bits per heavy atom. The molecule has 37 heavy (non-hydrogen) atoms. The summed E-state index contributed by atoms with van der Waals surface area (Å²) >= 11 is 6.67. The zero-order valence-corrected chi connectivity index (χ0v) is 24.8. The van der Waals surface area contributed by atoms with Crippen molar-refractivity contribution in [1.29, 1.82) is 0 Å². The van der Waals surface area contributed by atoms with Crippen molar-refractivity contribution in [1.82, 2.24) is 9.97 Å². The van der Waals surface area contributed by atoms with Crippen molar-refractivity contribution < 1.29 is 14.0 Å². The third kappa shape index (κ3) is 5.72. The maximum absolute atomic E-state index is 13.6. The number of anilines is 2. The Bertz CT molecular complexity index is 1230. The maximum Gasteiger partial charge on any atom is 0.243 e. The number of benzene rings is 1. The van der Waals surface area contributed by atoms with Gasteiger partial charge in [0.05, 0.1) is 17.7 Å². The highest BCUT2D eigenvalue weighted by Gasteiger charge is 2.48. The highest BCUT2D eigenvalue weighted by molar-refractivity contribution is 6.74. The van der Waals surface area contributed by atoms with Crippen LogP contribution in [0.3, 0.4) is 0 Å². The van der Waals surface area contributed by atoms with Crippen molar-refractivity contribution in [3.8, 4) is 17.6 Å². The van der Waals surface area contributed by atoms with E-state index in [9.17, 15) is 4.79 Å². The van der Waals surface area contributed by atoms with Crippen molar-refractivity contribution in [2.24, 2.45) is 0 Å². The average molecular weight is 540 g/mol. The molecule has 1 unspecified atom stereocenters. The first-order valence-electron chi connectivity index (χ1n) is 13.1. The van der Waals surface area contributed by atoms with Gasteiger partial charge in [0.2, 0.25) is 5.91 Å². The zero-order valence-electron chi connectivity index (χ0n) is 23.1. The summed E-state index contributed by atoms with van der Waals surface area (Å²) in [6.07, 6.45) is 5.22. The molecule has 0 saturated carbocycles. The fraction of sp³-hybridized carbons (Fsp3) is 0.552. The Morgan fingerprint density at radius 2 is 1.84 bits per heavy atom. The van der Waals surface area contributed by atoms with Crippen molar-refractivity contribution in [2.75, 3.05) is 4.90 Å². The minimum Gasteiger partial charge on any atom is -0.478 e. The molecule has 1 atom stereocenters. The lowest BCUT2D eigenvalue weighted by Gasteiger charge is -2.35. The van der Waals surface area contributed by atoms with Crippen LogP contribution in [0.2, 0.25) is 23.3 Å². The number of fused-ring (bicyclic) bond motifs is 1. The van der Waals surface area contributed by atoms with Gasteiger partial charge in [-0.1, -0.05) is 50.6 Å². The lowest BCUT2D eigenvalue weighted by Crippen LogP contribution is -2.40. The van der Waals surface area contributed by atoms with Crippen LogP contribution in [0.15, 0.2) is 24.3 Å². The summed E-state index contributed by atoms with van der Waals surface area (Å²) in [5.41, 5.74) is 0.494. The molecular weight excluding hydrogens is 502 g/mol. The monoisotopic (exact) mass is 539 g/mol. The van der Waals surface area contributed by atoms with Gasteiger partial charge in [-0.2, -0.15) is 0 Å². The van der Waals surface area contributed by atoms with Gasteiger partial charge in [-0.15, -0.1) is 0 Å². The molecule has 4 rings (SSSR count). The molecule has 1 aromatic carbocycles. The van der Waals surface area contributed by atoms with Gasteiger partial charge >= 0.3 is 0 Å². The van der Waals surface area contributed by atoms with Crippen LogP contribution in [0.1, 0.15) is 78.1 Å². The summed E-state index contributed by atoms with van der Waals surface area (Å²) in [7, 11) is -2.01. The summed E-state index contributed by atoms with van der Waals surface area (Å²) in [5, 5.41) is 0.352. The fourth-order valence-electron chi connectivity index (χ4n) is 4.32. The predicted octanol–water partition coefficient (Wildman–Crippen LogP) is 7.32. The van der Waals surface area contributed by atoms with Crippen LogP contribution in [0.5, 0.6) is 5.75 Å². The van der Waals surface area contributed by atoms with Crippen molar-refractivity contribution in [3.05, 3.63) is 40.8 Å². The smallest absolute Gasteiger partial charge is 0.243 e. The van der Waals surface area contributed by atoms with Gasteiger partial charge in [0.1, 0.15) is 16.7 Å². The van der Waals surface area contributed by atoms with E-state index in [-0.39, 0.29) is 23.7 Å². The number of amides is 1. The second kappa shape index (κ2) is 10.4. The van der Waals surface area contributed by atoms with E-state index in [1.54, 1.807) is 4.90 Å². The number of hydrogen-bond acceptors (Lipinski definition) is 5. The average Bonchev–Trinajstić information content (AvgIpc) is 2.99. The van der Waals surface area contributed by atoms with E-state index in [4.69, 9.17) is 25.7 Å². The highest BCUT2D eigenvalue weighted by atomic mass is 35.5. The normalized spacial score (nSPS) is 19.5. The first-order chi connectivity index (χ1) is 17.3. The lowest BCUT2D eigenvalue weighted by atomic mass is 9.88. The molecule has 0 N–H and O–H groups in total. The Kier molecular flexibility index (Phi) is 7.76. The molecule has 2 aliphatic rings. The van der Waals surface area contributed by atoms with Crippen molar-refractivity contribution in [2.45, 2.75) is 103 Å². The largest absolute Gasteiger partial charge is 0.478 e. The van der Waals surface area contributed by atoms with Crippen LogP contribution in [0.4, 0.5) is 11.5 Å². The summed E-state index contributed by atoms with van der Waals surface area (Å²) < 4.78 is 12.5. The quantitative estimate of drug-likeness (QED) is 0.218. The summed E-state index contributed by atoms with van der Waals surface area (Å²) in [6.45, 7) is 14.9. The number of nitrogens with zero attached hydrogens (tertiary/aromatic N) is 3. The molecule has 198 valence electrons. The number of rotatable bonds is 6. The van der Waals surface area contributed by atoms with E-state index in [0.717, 1.165) is 31.4 Å².